The molecule has 168 valence electrons. The number of hydrogen-bond donors (Lipinski definition) is 1. The van der Waals surface area contributed by atoms with Crippen LogP contribution in [-0.2, 0) is 4.79 Å². The molecule has 6 nitrogen and oxygen atoms in total. The molecule has 1 N–H and O–H groups in total. The SMILES string of the molecule is COc1ccc(/C(C#N)=C/c2ccc(OCC(=O)Nc3ccc(Cl)cc3)c(Br)c2)cc1OC. The summed E-state index contributed by atoms with van der Waals surface area (Å²) in [6, 6.07) is 19.7. The number of nitriles is 1. The number of rotatable bonds is 8. The van der Waals surface area contributed by atoms with Crippen molar-refractivity contribution in [3.8, 4) is 23.3 Å². The van der Waals surface area contributed by atoms with Crippen LogP contribution in [0.3, 0.4) is 0 Å². The molecule has 0 aromatic heterocycles. The van der Waals surface area contributed by atoms with E-state index in [0.717, 1.165) is 5.56 Å². The zero-order valence-electron chi connectivity index (χ0n) is 17.9. The summed E-state index contributed by atoms with van der Waals surface area (Å²) in [5, 5.41) is 13.0. The molecule has 0 aliphatic heterocycles. The lowest BCUT2D eigenvalue weighted by Gasteiger charge is -2.10. The van der Waals surface area contributed by atoms with Crippen molar-refractivity contribution in [1.82, 2.24) is 0 Å². The van der Waals surface area contributed by atoms with Gasteiger partial charge in [-0.15, -0.1) is 0 Å². The number of hydrogen-bond acceptors (Lipinski definition) is 5. The molecule has 3 aromatic rings. The van der Waals surface area contributed by atoms with Crippen LogP contribution in [-0.4, -0.2) is 26.7 Å². The normalized spacial score (nSPS) is 10.8. The van der Waals surface area contributed by atoms with Crippen molar-refractivity contribution >= 4 is 50.8 Å². The molecular formula is C25H20BrClN2O4. The predicted octanol–water partition coefficient (Wildman–Crippen LogP) is 6.20. The number of benzene rings is 3. The van der Waals surface area contributed by atoms with Gasteiger partial charge in [0.1, 0.15) is 5.75 Å². The van der Waals surface area contributed by atoms with E-state index in [0.29, 0.717) is 43.6 Å². The number of nitrogens with zero attached hydrogens (tertiary/aromatic N) is 1. The topological polar surface area (TPSA) is 80.6 Å². The highest BCUT2D eigenvalue weighted by atomic mass is 79.9. The first-order valence-corrected chi connectivity index (χ1v) is 10.9. The number of nitrogens with one attached hydrogen (secondary N) is 1. The molecule has 0 saturated heterocycles. The van der Waals surface area contributed by atoms with Crippen LogP contribution in [0.15, 0.2) is 65.1 Å². The van der Waals surface area contributed by atoms with Crippen LogP contribution >= 0.6 is 27.5 Å². The van der Waals surface area contributed by atoms with Gasteiger partial charge in [0.25, 0.3) is 5.91 Å². The minimum absolute atomic E-state index is 0.161. The van der Waals surface area contributed by atoms with Gasteiger partial charge in [-0.1, -0.05) is 17.7 Å². The van der Waals surface area contributed by atoms with E-state index in [1.807, 2.05) is 6.07 Å². The summed E-state index contributed by atoms with van der Waals surface area (Å²) < 4.78 is 16.8. The van der Waals surface area contributed by atoms with Crippen molar-refractivity contribution in [1.29, 1.82) is 5.26 Å². The molecule has 0 heterocycles. The van der Waals surface area contributed by atoms with Crippen molar-refractivity contribution in [2.75, 3.05) is 26.1 Å². The van der Waals surface area contributed by atoms with Crippen molar-refractivity contribution in [3.63, 3.8) is 0 Å². The third-order valence-corrected chi connectivity index (χ3v) is 5.44. The van der Waals surface area contributed by atoms with Gasteiger partial charge < -0.3 is 19.5 Å². The second kappa shape index (κ2) is 11.4. The summed E-state index contributed by atoms with van der Waals surface area (Å²) in [4.78, 5) is 12.1. The average molecular weight is 528 g/mol. The number of carbonyl (C=O) groups is 1. The highest BCUT2D eigenvalue weighted by Gasteiger charge is 2.10. The van der Waals surface area contributed by atoms with Crippen LogP contribution in [0.1, 0.15) is 11.1 Å². The smallest absolute Gasteiger partial charge is 0.262 e. The lowest BCUT2D eigenvalue weighted by atomic mass is 10.0. The fraction of sp³-hybridized carbons (Fsp3) is 0.120. The second-order valence-corrected chi connectivity index (χ2v) is 8.06. The maximum Gasteiger partial charge on any atom is 0.262 e. The van der Waals surface area contributed by atoms with E-state index < -0.39 is 0 Å². The molecule has 33 heavy (non-hydrogen) atoms. The molecule has 0 aliphatic carbocycles. The number of methoxy groups -OCH3 is 2. The first kappa shape index (κ1) is 24.2. The van der Waals surface area contributed by atoms with Gasteiger partial charge in [-0.25, -0.2) is 0 Å². The summed E-state index contributed by atoms with van der Waals surface area (Å²) in [6.45, 7) is -0.161. The Morgan fingerprint density at radius 3 is 2.36 bits per heavy atom. The third-order valence-electron chi connectivity index (χ3n) is 4.57. The van der Waals surface area contributed by atoms with E-state index in [-0.39, 0.29) is 12.5 Å². The van der Waals surface area contributed by atoms with E-state index in [9.17, 15) is 10.1 Å². The molecule has 1 amide bonds. The number of anilines is 1. The van der Waals surface area contributed by atoms with Crippen LogP contribution < -0.4 is 19.5 Å². The van der Waals surface area contributed by atoms with E-state index in [1.165, 1.54) is 0 Å². The molecule has 0 bridgehead atoms. The summed E-state index contributed by atoms with van der Waals surface area (Å²) in [5.41, 5.74) is 2.57. The van der Waals surface area contributed by atoms with Crippen molar-refractivity contribution in [2.24, 2.45) is 0 Å². The molecule has 3 rings (SSSR count). The van der Waals surface area contributed by atoms with Gasteiger partial charge >= 0.3 is 0 Å². The Kier molecular flexibility index (Phi) is 8.36. The van der Waals surface area contributed by atoms with Crippen LogP contribution in [0.4, 0.5) is 5.69 Å². The zero-order valence-corrected chi connectivity index (χ0v) is 20.2. The maximum atomic E-state index is 12.1. The Morgan fingerprint density at radius 2 is 1.73 bits per heavy atom. The number of allylic oxidation sites excluding steroid dienone is 1. The molecule has 0 spiro atoms. The number of amides is 1. The van der Waals surface area contributed by atoms with Crippen LogP contribution in [0.5, 0.6) is 17.2 Å². The van der Waals surface area contributed by atoms with Crippen LogP contribution in [0.25, 0.3) is 11.6 Å². The molecular weight excluding hydrogens is 508 g/mol. The van der Waals surface area contributed by atoms with Crippen LogP contribution in [0.2, 0.25) is 5.02 Å². The van der Waals surface area contributed by atoms with Gasteiger partial charge in [-0.05, 0) is 87.7 Å². The monoisotopic (exact) mass is 526 g/mol. The second-order valence-electron chi connectivity index (χ2n) is 6.77. The quantitative estimate of drug-likeness (QED) is 0.279. The minimum Gasteiger partial charge on any atom is -0.493 e. The Morgan fingerprint density at radius 1 is 1.03 bits per heavy atom. The molecule has 0 fully saturated rings. The summed E-state index contributed by atoms with van der Waals surface area (Å²) in [6.07, 6.45) is 1.75. The van der Waals surface area contributed by atoms with Gasteiger partial charge in [0, 0.05) is 10.7 Å². The predicted molar refractivity (Wildman–Crippen MR) is 133 cm³/mol. The molecule has 0 radical (unpaired) electrons. The number of halogens is 2. The lowest BCUT2D eigenvalue weighted by Crippen LogP contribution is -2.20. The lowest BCUT2D eigenvalue weighted by molar-refractivity contribution is -0.118. The van der Waals surface area contributed by atoms with Gasteiger partial charge in [-0.3, -0.25) is 4.79 Å². The highest BCUT2D eigenvalue weighted by molar-refractivity contribution is 9.10. The van der Waals surface area contributed by atoms with E-state index in [4.69, 9.17) is 25.8 Å². The molecule has 0 saturated carbocycles. The Balaban J connectivity index is 1.70. The fourth-order valence-corrected chi connectivity index (χ4v) is 3.59. The zero-order chi connectivity index (χ0) is 23.8. The minimum atomic E-state index is -0.298. The summed E-state index contributed by atoms with van der Waals surface area (Å²) in [7, 11) is 3.10. The van der Waals surface area contributed by atoms with Gasteiger partial charge in [0.05, 0.1) is 30.3 Å². The fourth-order valence-electron chi connectivity index (χ4n) is 2.95. The Bertz CT molecular complexity index is 1220. The van der Waals surface area contributed by atoms with Crippen LogP contribution in [0, 0.1) is 11.3 Å². The highest BCUT2D eigenvalue weighted by Crippen LogP contribution is 2.32. The summed E-state index contributed by atoms with van der Waals surface area (Å²) in [5.74, 6) is 1.33. The van der Waals surface area contributed by atoms with Gasteiger partial charge in [-0.2, -0.15) is 5.26 Å². The van der Waals surface area contributed by atoms with Crippen molar-refractivity contribution in [2.45, 2.75) is 0 Å². The first-order valence-electron chi connectivity index (χ1n) is 9.75. The molecule has 3 aromatic carbocycles. The Labute approximate surface area is 205 Å². The van der Waals surface area contributed by atoms with Gasteiger partial charge in [0.15, 0.2) is 18.1 Å². The average Bonchev–Trinajstić information content (AvgIpc) is 2.83. The number of carbonyl (C=O) groups excluding carboxylic acids is 1. The Hall–Kier alpha value is -3.47. The van der Waals surface area contributed by atoms with E-state index >= 15 is 0 Å². The maximum absolute atomic E-state index is 12.1. The number of ether oxygens (including phenoxy) is 3. The molecule has 8 heteroatoms. The van der Waals surface area contributed by atoms with Crippen molar-refractivity contribution < 1.29 is 19.0 Å². The van der Waals surface area contributed by atoms with E-state index in [1.54, 1.807) is 74.9 Å². The largest absolute Gasteiger partial charge is 0.493 e. The van der Waals surface area contributed by atoms with Crippen molar-refractivity contribution in [3.05, 3.63) is 81.3 Å². The standard InChI is InChI=1S/C25H20BrClN2O4/c1-31-23-10-4-17(13-24(23)32-2)18(14-28)11-16-3-9-22(21(26)12-16)33-15-25(30)29-20-7-5-19(27)6-8-20/h3-13H,15H2,1-2H3,(H,29,30)/b18-11+. The first-order chi connectivity index (χ1) is 15.9. The molecule has 0 unspecified atom stereocenters. The molecule has 0 aliphatic rings. The molecule has 0 atom stereocenters. The summed E-state index contributed by atoms with van der Waals surface area (Å²) >= 11 is 9.31. The third kappa shape index (κ3) is 6.51. The van der Waals surface area contributed by atoms with Gasteiger partial charge in [0.2, 0.25) is 0 Å². The van der Waals surface area contributed by atoms with E-state index in [2.05, 4.69) is 27.3 Å².